The van der Waals surface area contributed by atoms with Crippen molar-refractivity contribution >= 4 is 28.4 Å². The third-order valence-electron chi connectivity index (χ3n) is 9.40. The second kappa shape index (κ2) is 15.1. The lowest BCUT2D eigenvalue weighted by Crippen LogP contribution is -2.41. The Morgan fingerprint density at radius 1 is 0.960 bits per heavy atom. The number of likely N-dealkylation sites (tertiary alicyclic amines) is 1. The van der Waals surface area contributed by atoms with Crippen molar-refractivity contribution in [2.24, 2.45) is 7.05 Å². The van der Waals surface area contributed by atoms with Crippen LogP contribution in [0, 0.1) is 11.6 Å². The molecule has 1 aliphatic heterocycles. The monoisotopic (exact) mass is 678 g/mol. The van der Waals surface area contributed by atoms with Crippen LogP contribution in [0.3, 0.4) is 0 Å². The van der Waals surface area contributed by atoms with Crippen LogP contribution in [0.15, 0.2) is 88.7 Å². The van der Waals surface area contributed by atoms with Crippen LogP contribution in [-0.4, -0.2) is 63.0 Å². The molecule has 11 heteroatoms. The smallest absolute Gasteiger partial charge is 0.331 e. The second-order valence-electron chi connectivity index (χ2n) is 13.0. The molecule has 0 aliphatic carbocycles. The van der Waals surface area contributed by atoms with Crippen LogP contribution in [0.1, 0.15) is 58.6 Å². The molecule has 5 aromatic rings. The number of aromatic nitrogens is 4. The van der Waals surface area contributed by atoms with Crippen LogP contribution in [0.2, 0.25) is 0 Å². The lowest BCUT2D eigenvalue weighted by Gasteiger charge is -2.36. The molecule has 3 heterocycles. The van der Waals surface area contributed by atoms with Gasteiger partial charge in [-0.3, -0.25) is 14.2 Å². The van der Waals surface area contributed by atoms with Crippen LogP contribution >= 0.6 is 0 Å². The Balaban J connectivity index is 1.05. The number of aryl methyl sites for hydroxylation is 1. The van der Waals surface area contributed by atoms with Gasteiger partial charge in [0.2, 0.25) is 0 Å². The molecule has 9 nitrogen and oxygen atoms in total. The number of fused-ring (bicyclic) bond motifs is 1. The maximum atomic E-state index is 13.7. The summed E-state index contributed by atoms with van der Waals surface area (Å²) in [4.78, 5) is 52.9. The van der Waals surface area contributed by atoms with Gasteiger partial charge >= 0.3 is 5.69 Å². The highest BCUT2D eigenvalue weighted by molar-refractivity contribution is 5.95. The first-order valence-electron chi connectivity index (χ1n) is 16.8. The molecule has 0 atom stereocenters. The first kappa shape index (κ1) is 34.6. The first-order valence-corrected chi connectivity index (χ1v) is 16.8. The highest BCUT2D eigenvalue weighted by atomic mass is 19.2. The number of nitrogens with zero attached hydrogens (tertiary/aromatic N) is 6. The van der Waals surface area contributed by atoms with Crippen LogP contribution in [0.25, 0.3) is 17.0 Å². The van der Waals surface area contributed by atoms with Crippen LogP contribution in [0.5, 0.6) is 0 Å². The minimum absolute atomic E-state index is 0.0462. The molecular weight excluding hydrogens is 638 g/mol. The lowest BCUT2D eigenvalue weighted by atomic mass is 10.0. The standard InChI is InChI=1S/C39H40F2N6O3/c1-44-18-16-31(17-19-44)46(3)30-12-8-27(9-13-30)22-37-42-23-29-20-26(11-15-35(29)43-37)6-4-5-7-36(48)32-25-45(2)39(50)47(38(32)49)24-28-10-14-33(40)34(41)21-28/h4,6,8-15,20-21,23,25,31H,5,7,16-19,22,24H2,1-3H3/b6-4+. The van der Waals surface area contributed by atoms with Crippen molar-refractivity contribution in [2.75, 3.05) is 32.1 Å². The van der Waals surface area contributed by atoms with Gasteiger partial charge in [-0.15, -0.1) is 0 Å². The second-order valence-corrected chi connectivity index (χ2v) is 13.0. The number of halogens is 2. The Morgan fingerprint density at radius 3 is 2.44 bits per heavy atom. The third-order valence-corrected chi connectivity index (χ3v) is 9.40. The van der Waals surface area contributed by atoms with Crippen molar-refractivity contribution in [3.05, 3.63) is 140 Å². The van der Waals surface area contributed by atoms with Crippen molar-refractivity contribution in [3.63, 3.8) is 0 Å². The Bertz CT molecular complexity index is 2170. The molecule has 50 heavy (non-hydrogen) atoms. The van der Waals surface area contributed by atoms with E-state index in [9.17, 15) is 23.2 Å². The maximum absolute atomic E-state index is 13.7. The third kappa shape index (κ3) is 7.94. The number of ketones is 1. The molecule has 0 amide bonds. The minimum Gasteiger partial charge on any atom is -0.372 e. The average Bonchev–Trinajstić information content (AvgIpc) is 3.12. The molecule has 0 N–H and O–H groups in total. The van der Waals surface area contributed by atoms with E-state index in [0.717, 1.165) is 62.2 Å². The molecule has 1 saturated heterocycles. The highest BCUT2D eigenvalue weighted by Gasteiger charge is 2.21. The fourth-order valence-corrected chi connectivity index (χ4v) is 6.35. The molecule has 0 bridgehead atoms. The van der Waals surface area contributed by atoms with Gasteiger partial charge < -0.3 is 14.4 Å². The van der Waals surface area contributed by atoms with E-state index in [1.54, 1.807) is 0 Å². The molecule has 0 unspecified atom stereocenters. The van der Waals surface area contributed by atoms with Gasteiger partial charge in [-0.2, -0.15) is 0 Å². The molecule has 6 rings (SSSR count). The maximum Gasteiger partial charge on any atom is 0.331 e. The Hall–Kier alpha value is -5.29. The van der Waals surface area contributed by atoms with E-state index >= 15 is 0 Å². The van der Waals surface area contributed by atoms with Crippen LogP contribution in [-0.2, 0) is 20.0 Å². The van der Waals surface area contributed by atoms with Crippen LogP contribution in [0.4, 0.5) is 14.5 Å². The number of allylic oxidation sites excluding steroid dienone is 1. The summed E-state index contributed by atoms with van der Waals surface area (Å²) in [6, 6.07) is 18.2. The molecule has 0 radical (unpaired) electrons. The number of Topliss-reactive ketones (excluding diaryl/α,β-unsaturated/α-hetero) is 1. The van der Waals surface area contributed by atoms with E-state index in [1.165, 1.54) is 37.8 Å². The quantitative estimate of drug-likeness (QED) is 0.168. The summed E-state index contributed by atoms with van der Waals surface area (Å²) in [5.41, 5.74) is 2.79. The average molecular weight is 679 g/mol. The topological polar surface area (TPSA) is 93.3 Å². The molecule has 258 valence electrons. The summed E-state index contributed by atoms with van der Waals surface area (Å²) in [6.07, 6.45) is 10.2. The summed E-state index contributed by atoms with van der Waals surface area (Å²) < 4.78 is 29.0. The number of carbonyl (C=O) groups is 1. The number of carbonyl (C=O) groups excluding carboxylic acids is 1. The zero-order valence-corrected chi connectivity index (χ0v) is 28.5. The molecule has 0 saturated carbocycles. The van der Waals surface area contributed by atoms with E-state index in [-0.39, 0.29) is 24.1 Å². The normalized spacial score (nSPS) is 14.1. The van der Waals surface area contributed by atoms with E-state index in [4.69, 9.17) is 4.98 Å². The van der Waals surface area contributed by atoms with Crippen molar-refractivity contribution in [2.45, 2.75) is 44.7 Å². The fraction of sp³-hybridized carbons (Fsp3) is 0.308. The summed E-state index contributed by atoms with van der Waals surface area (Å²) in [6.45, 7) is 1.97. The summed E-state index contributed by atoms with van der Waals surface area (Å²) >= 11 is 0. The van der Waals surface area contributed by atoms with Crippen LogP contribution < -0.4 is 16.1 Å². The molecule has 3 aromatic carbocycles. The highest BCUT2D eigenvalue weighted by Crippen LogP contribution is 2.23. The number of anilines is 1. The zero-order chi connectivity index (χ0) is 35.4. The van der Waals surface area contributed by atoms with Gasteiger partial charge in [-0.25, -0.2) is 23.5 Å². The number of hydrogen-bond acceptors (Lipinski definition) is 7. The predicted molar refractivity (Wildman–Crippen MR) is 192 cm³/mol. The molecule has 0 spiro atoms. The number of rotatable bonds is 11. The Kier molecular flexibility index (Phi) is 10.4. The first-order chi connectivity index (χ1) is 24.0. The number of piperidine rings is 1. The van der Waals surface area contributed by atoms with Gasteiger partial charge in [0.1, 0.15) is 5.82 Å². The van der Waals surface area contributed by atoms with E-state index in [2.05, 4.69) is 53.1 Å². The SMILES string of the molecule is CN1CCC(N(C)c2ccc(Cc3ncc4cc(/C=C/CCC(=O)c5cn(C)c(=O)n(Cc6ccc(F)c(F)c6)c5=O)ccc4n3)cc2)CC1. The van der Waals surface area contributed by atoms with Gasteiger partial charge in [0.05, 0.1) is 17.6 Å². The predicted octanol–water partition coefficient (Wildman–Crippen LogP) is 5.61. The number of hydrogen-bond donors (Lipinski definition) is 0. The molecular formula is C39H40F2N6O3. The van der Waals surface area contributed by atoms with Crippen molar-refractivity contribution in [1.29, 1.82) is 0 Å². The lowest BCUT2D eigenvalue weighted by molar-refractivity contribution is 0.0980. The Morgan fingerprint density at radius 2 is 1.70 bits per heavy atom. The van der Waals surface area contributed by atoms with E-state index in [0.29, 0.717) is 18.9 Å². The van der Waals surface area contributed by atoms with Crippen molar-refractivity contribution in [1.82, 2.24) is 24.0 Å². The van der Waals surface area contributed by atoms with Gasteiger partial charge in [0, 0.05) is 56.4 Å². The van der Waals surface area contributed by atoms with Gasteiger partial charge in [-0.05, 0) is 92.5 Å². The van der Waals surface area contributed by atoms with E-state index in [1.807, 2.05) is 36.5 Å². The fourth-order valence-electron chi connectivity index (χ4n) is 6.35. The van der Waals surface area contributed by atoms with Crippen molar-refractivity contribution < 1.29 is 13.6 Å². The molecule has 1 fully saturated rings. The minimum atomic E-state index is -1.08. The summed E-state index contributed by atoms with van der Waals surface area (Å²) in [7, 11) is 5.79. The zero-order valence-electron chi connectivity index (χ0n) is 28.5. The Labute approximate surface area is 289 Å². The molecule has 1 aliphatic rings. The van der Waals surface area contributed by atoms with Gasteiger partial charge in [0.25, 0.3) is 5.56 Å². The van der Waals surface area contributed by atoms with E-state index < -0.39 is 28.7 Å². The molecule has 2 aromatic heterocycles. The number of benzene rings is 3. The summed E-state index contributed by atoms with van der Waals surface area (Å²) in [5.74, 6) is -1.79. The van der Waals surface area contributed by atoms with Crippen molar-refractivity contribution in [3.8, 4) is 0 Å². The summed E-state index contributed by atoms with van der Waals surface area (Å²) in [5, 5.41) is 0.897. The van der Waals surface area contributed by atoms with Gasteiger partial charge in [0.15, 0.2) is 17.4 Å². The van der Waals surface area contributed by atoms with Gasteiger partial charge in [-0.1, -0.05) is 36.4 Å². The largest absolute Gasteiger partial charge is 0.372 e.